The van der Waals surface area contributed by atoms with Crippen LogP contribution >= 0.6 is 0 Å². The van der Waals surface area contributed by atoms with Gasteiger partial charge in [-0.1, -0.05) is 52.9 Å². The number of H-pyrrole nitrogens is 1. The Morgan fingerprint density at radius 3 is 2.66 bits per heavy atom. The number of nitrogen functional groups attached to an aromatic ring is 1. The molecule has 0 saturated carbocycles. The van der Waals surface area contributed by atoms with E-state index in [9.17, 15) is 18.8 Å². The van der Waals surface area contributed by atoms with Gasteiger partial charge in [0.05, 0.1) is 6.33 Å². The molecule has 0 bridgehead atoms. The smallest absolute Gasteiger partial charge is 0.347 e. The lowest BCUT2D eigenvalue weighted by molar-refractivity contribution is -0.172. The van der Waals surface area contributed by atoms with Crippen LogP contribution in [0, 0.1) is 5.92 Å². The van der Waals surface area contributed by atoms with Crippen LogP contribution in [0.3, 0.4) is 0 Å². The standard InChI is InChI=1S/C25H39FN6O6/c1-4-5-6-7-8-9-10-16(38-24(35)19(27)14(2)3)23(34)36-12-17-15(26)11-18(37-17)32-13-29-20-21(32)30-25(28)31-22(20)33/h13-19H,4-12,27H2,1-3H3,(H3,28,30,31,33)/t15-,16?,17+,18+,19-/m0/s1. The number of alkyl halides is 1. The van der Waals surface area contributed by atoms with Gasteiger partial charge in [0, 0.05) is 6.42 Å². The predicted octanol–water partition coefficient (Wildman–Crippen LogP) is 2.52. The molecule has 3 heterocycles. The van der Waals surface area contributed by atoms with Gasteiger partial charge >= 0.3 is 11.9 Å². The number of nitrogens with one attached hydrogen (secondary N) is 1. The number of esters is 2. The Balaban J connectivity index is 1.60. The number of aromatic nitrogens is 4. The summed E-state index contributed by atoms with van der Waals surface area (Å²) in [4.78, 5) is 47.8. The van der Waals surface area contributed by atoms with E-state index in [4.69, 9.17) is 25.7 Å². The Labute approximate surface area is 220 Å². The zero-order valence-electron chi connectivity index (χ0n) is 22.2. The maximum absolute atomic E-state index is 14.8. The molecule has 5 atom stereocenters. The zero-order chi connectivity index (χ0) is 27.8. The summed E-state index contributed by atoms with van der Waals surface area (Å²) < 4.78 is 32.8. The molecule has 2 aromatic heterocycles. The number of imidazole rings is 1. The van der Waals surface area contributed by atoms with Crippen molar-refractivity contribution in [3.05, 3.63) is 16.7 Å². The van der Waals surface area contributed by atoms with Gasteiger partial charge in [0.25, 0.3) is 5.56 Å². The summed E-state index contributed by atoms with van der Waals surface area (Å²) in [6.45, 7) is 5.32. The molecular weight excluding hydrogens is 499 g/mol. The first-order valence-corrected chi connectivity index (χ1v) is 13.3. The van der Waals surface area contributed by atoms with Crippen LogP contribution in [-0.2, 0) is 23.8 Å². The third-order valence-corrected chi connectivity index (χ3v) is 6.64. The lowest BCUT2D eigenvalue weighted by atomic mass is 10.1. The van der Waals surface area contributed by atoms with Gasteiger partial charge in [0.1, 0.15) is 31.2 Å². The normalized spacial score (nSPS) is 21.1. The fourth-order valence-electron chi connectivity index (χ4n) is 4.25. The van der Waals surface area contributed by atoms with E-state index in [2.05, 4.69) is 21.9 Å². The van der Waals surface area contributed by atoms with Crippen molar-refractivity contribution in [3.63, 3.8) is 0 Å². The van der Waals surface area contributed by atoms with E-state index in [1.54, 1.807) is 13.8 Å². The predicted molar refractivity (Wildman–Crippen MR) is 138 cm³/mol. The molecule has 0 spiro atoms. The van der Waals surface area contributed by atoms with Gasteiger partial charge in [-0.15, -0.1) is 0 Å². The summed E-state index contributed by atoms with van der Waals surface area (Å²) in [6, 6.07) is -0.871. The van der Waals surface area contributed by atoms with E-state index in [-0.39, 0.29) is 42.5 Å². The minimum atomic E-state index is -1.46. The van der Waals surface area contributed by atoms with Crippen LogP contribution in [0.4, 0.5) is 10.3 Å². The topological polar surface area (TPSA) is 177 Å². The maximum atomic E-state index is 14.8. The number of ether oxygens (including phenoxy) is 3. The highest BCUT2D eigenvalue weighted by atomic mass is 19.1. The Morgan fingerprint density at radius 1 is 1.24 bits per heavy atom. The Bertz CT molecular complexity index is 1140. The number of halogens is 1. The fraction of sp³-hybridized carbons (Fsp3) is 0.720. The number of unbranched alkanes of at least 4 members (excludes halogenated alkanes) is 5. The molecule has 0 radical (unpaired) electrons. The van der Waals surface area contributed by atoms with Crippen LogP contribution in [0.1, 0.15) is 78.4 Å². The number of fused-ring (bicyclic) bond motifs is 1. The first kappa shape index (κ1) is 29.5. The van der Waals surface area contributed by atoms with E-state index in [0.717, 1.165) is 32.1 Å². The highest BCUT2D eigenvalue weighted by Crippen LogP contribution is 2.32. The van der Waals surface area contributed by atoms with Crippen LogP contribution in [0.25, 0.3) is 11.2 Å². The number of nitrogens with zero attached hydrogens (tertiary/aromatic N) is 3. The van der Waals surface area contributed by atoms with E-state index in [1.807, 2.05) is 0 Å². The molecule has 1 fully saturated rings. The fourth-order valence-corrected chi connectivity index (χ4v) is 4.25. The Hall–Kier alpha value is -3.06. The molecule has 0 amide bonds. The molecule has 38 heavy (non-hydrogen) atoms. The highest BCUT2D eigenvalue weighted by Gasteiger charge is 2.39. The summed E-state index contributed by atoms with van der Waals surface area (Å²) in [7, 11) is 0. The monoisotopic (exact) mass is 538 g/mol. The first-order valence-electron chi connectivity index (χ1n) is 13.3. The summed E-state index contributed by atoms with van der Waals surface area (Å²) >= 11 is 0. The zero-order valence-corrected chi connectivity index (χ0v) is 22.2. The molecule has 1 saturated heterocycles. The van der Waals surface area contributed by atoms with Gasteiger partial charge < -0.3 is 25.7 Å². The average Bonchev–Trinajstić information content (AvgIpc) is 3.46. The second-order valence-corrected chi connectivity index (χ2v) is 10.0. The summed E-state index contributed by atoms with van der Waals surface area (Å²) in [6.07, 6.45) is 3.01. The lowest BCUT2D eigenvalue weighted by Gasteiger charge is -2.22. The van der Waals surface area contributed by atoms with Gasteiger partial charge in [0.2, 0.25) is 5.95 Å². The Morgan fingerprint density at radius 2 is 1.95 bits per heavy atom. The molecule has 1 aliphatic heterocycles. The number of hydrogen-bond acceptors (Lipinski definition) is 10. The van der Waals surface area contributed by atoms with Crippen molar-refractivity contribution < 1.29 is 28.2 Å². The second kappa shape index (κ2) is 13.7. The van der Waals surface area contributed by atoms with Gasteiger partial charge in [-0.25, -0.2) is 14.2 Å². The maximum Gasteiger partial charge on any atom is 0.347 e. The van der Waals surface area contributed by atoms with Crippen LogP contribution in [0.15, 0.2) is 11.1 Å². The van der Waals surface area contributed by atoms with E-state index in [1.165, 1.54) is 10.9 Å². The summed E-state index contributed by atoms with van der Waals surface area (Å²) in [5.41, 5.74) is 11.2. The number of aromatic amines is 1. The second-order valence-electron chi connectivity index (χ2n) is 10.0. The molecular formula is C25H39FN6O6. The van der Waals surface area contributed by atoms with Crippen molar-refractivity contribution >= 4 is 29.1 Å². The SMILES string of the molecule is CCCCCCCCC(OC(=O)[C@@H](N)C(C)C)C(=O)OC[C@H]1O[C@@H](n2cnc3c(=O)[nH]c(N)nc32)C[C@@H]1F. The quantitative estimate of drug-likeness (QED) is 0.239. The average molecular weight is 539 g/mol. The van der Waals surface area contributed by atoms with Crippen LogP contribution in [0.5, 0.6) is 0 Å². The number of nitrogens with two attached hydrogens (primary N) is 2. The summed E-state index contributed by atoms with van der Waals surface area (Å²) in [5, 5.41) is 0. The molecule has 1 unspecified atom stereocenters. The minimum absolute atomic E-state index is 0.0482. The molecule has 0 aromatic carbocycles. The van der Waals surface area contributed by atoms with Crippen LogP contribution in [0.2, 0.25) is 0 Å². The molecule has 5 N–H and O–H groups in total. The molecule has 1 aliphatic rings. The number of carbonyl (C=O) groups excluding carboxylic acids is 2. The van der Waals surface area contributed by atoms with Crippen molar-refractivity contribution in [2.24, 2.45) is 11.7 Å². The van der Waals surface area contributed by atoms with Gasteiger partial charge in [-0.05, 0) is 18.8 Å². The number of hydrogen-bond donors (Lipinski definition) is 3. The Kier molecular flexibility index (Phi) is 10.6. The molecule has 0 aliphatic carbocycles. The number of rotatable bonds is 14. The molecule has 13 heteroatoms. The largest absolute Gasteiger partial charge is 0.460 e. The minimum Gasteiger partial charge on any atom is -0.460 e. The number of anilines is 1. The van der Waals surface area contributed by atoms with Crippen LogP contribution < -0.4 is 17.0 Å². The van der Waals surface area contributed by atoms with E-state index < -0.39 is 48.1 Å². The van der Waals surface area contributed by atoms with Gasteiger partial charge in [-0.2, -0.15) is 4.98 Å². The van der Waals surface area contributed by atoms with Gasteiger partial charge in [-0.3, -0.25) is 19.1 Å². The molecule has 212 valence electrons. The van der Waals surface area contributed by atoms with E-state index >= 15 is 0 Å². The third kappa shape index (κ3) is 7.50. The van der Waals surface area contributed by atoms with E-state index in [0.29, 0.717) is 6.42 Å². The lowest BCUT2D eigenvalue weighted by Crippen LogP contribution is -2.41. The van der Waals surface area contributed by atoms with Gasteiger partial charge in [0.15, 0.2) is 17.3 Å². The van der Waals surface area contributed by atoms with Crippen LogP contribution in [-0.4, -0.2) is 62.5 Å². The van der Waals surface area contributed by atoms with Crippen molar-refractivity contribution in [3.8, 4) is 0 Å². The van der Waals surface area contributed by atoms with Crippen molar-refractivity contribution in [2.75, 3.05) is 12.3 Å². The molecule has 3 rings (SSSR count). The molecule has 2 aromatic rings. The first-order chi connectivity index (χ1) is 18.1. The molecule has 12 nitrogen and oxygen atoms in total. The number of carbonyl (C=O) groups is 2. The van der Waals surface area contributed by atoms with Crippen molar-refractivity contribution in [2.45, 2.75) is 103 Å². The third-order valence-electron chi connectivity index (χ3n) is 6.64. The van der Waals surface area contributed by atoms with Crippen molar-refractivity contribution in [1.82, 2.24) is 19.5 Å². The highest BCUT2D eigenvalue weighted by molar-refractivity contribution is 5.82. The summed E-state index contributed by atoms with van der Waals surface area (Å²) in [5.74, 6) is -1.71. The van der Waals surface area contributed by atoms with Crippen molar-refractivity contribution in [1.29, 1.82) is 0 Å².